The largest absolute Gasteiger partial charge is 0.481 e. The van der Waals surface area contributed by atoms with Gasteiger partial charge in [-0.05, 0) is 22.6 Å². The lowest BCUT2D eigenvalue weighted by atomic mass is 9.86. The average molecular weight is 285 g/mol. The lowest BCUT2D eigenvalue weighted by molar-refractivity contribution is 0.0756. The maximum absolute atomic E-state index is 5.92. The van der Waals surface area contributed by atoms with E-state index < -0.39 is 0 Å². The van der Waals surface area contributed by atoms with Crippen LogP contribution in [-0.2, 0) is 16.1 Å². The second-order valence-electron chi connectivity index (χ2n) is 6.06. The van der Waals surface area contributed by atoms with Crippen LogP contribution < -0.4 is 0 Å². The van der Waals surface area contributed by atoms with Crippen molar-refractivity contribution in [2.24, 2.45) is 10.4 Å². The standard InChI is InChI=1S/C18H23NO2/c1-18(2,3)15-10-11-16(20-4)19-17(12-15)21-13-14-8-6-5-7-9-14/h5-12,17H,13H2,1-4H3. The van der Waals surface area contributed by atoms with Crippen molar-refractivity contribution < 1.29 is 9.47 Å². The van der Waals surface area contributed by atoms with Gasteiger partial charge in [0.15, 0.2) is 6.23 Å². The van der Waals surface area contributed by atoms with Crippen LogP contribution in [0, 0.1) is 5.41 Å². The number of nitrogens with zero attached hydrogens (tertiary/aromatic N) is 1. The van der Waals surface area contributed by atoms with Crippen molar-refractivity contribution in [2.45, 2.75) is 33.6 Å². The first-order chi connectivity index (χ1) is 9.99. The van der Waals surface area contributed by atoms with Gasteiger partial charge in [0.1, 0.15) is 0 Å². The summed E-state index contributed by atoms with van der Waals surface area (Å²) in [7, 11) is 1.62. The number of hydrogen-bond donors (Lipinski definition) is 0. The SMILES string of the molecule is COC1=NC(OCc2ccccc2)C=C(C(C)(C)C)C=C1. The highest BCUT2D eigenvalue weighted by Gasteiger charge is 2.19. The van der Waals surface area contributed by atoms with E-state index in [1.807, 2.05) is 42.5 Å². The monoisotopic (exact) mass is 285 g/mol. The number of ether oxygens (including phenoxy) is 2. The van der Waals surface area contributed by atoms with E-state index in [2.05, 4.69) is 31.8 Å². The van der Waals surface area contributed by atoms with Crippen molar-refractivity contribution in [1.29, 1.82) is 0 Å². The van der Waals surface area contributed by atoms with E-state index in [1.165, 1.54) is 5.57 Å². The first kappa shape index (κ1) is 15.5. The smallest absolute Gasteiger partial charge is 0.211 e. The Hall–Kier alpha value is -1.87. The van der Waals surface area contributed by atoms with E-state index in [9.17, 15) is 0 Å². The second-order valence-corrected chi connectivity index (χ2v) is 6.06. The summed E-state index contributed by atoms with van der Waals surface area (Å²) in [5.74, 6) is 0.587. The predicted octanol–water partition coefficient (Wildman–Crippen LogP) is 4.12. The van der Waals surface area contributed by atoms with E-state index in [4.69, 9.17) is 9.47 Å². The second kappa shape index (κ2) is 6.72. The van der Waals surface area contributed by atoms with Gasteiger partial charge in [-0.2, -0.15) is 0 Å². The topological polar surface area (TPSA) is 30.8 Å². The van der Waals surface area contributed by atoms with Gasteiger partial charge < -0.3 is 9.47 Å². The summed E-state index contributed by atoms with van der Waals surface area (Å²) in [5, 5.41) is 0. The maximum Gasteiger partial charge on any atom is 0.211 e. The van der Waals surface area contributed by atoms with Gasteiger partial charge in [-0.3, -0.25) is 0 Å². The molecule has 1 unspecified atom stereocenters. The highest BCUT2D eigenvalue weighted by Crippen LogP contribution is 2.28. The lowest BCUT2D eigenvalue weighted by Crippen LogP contribution is -2.13. The van der Waals surface area contributed by atoms with Crippen LogP contribution in [0.1, 0.15) is 26.3 Å². The minimum absolute atomic E-state index is 0.0452. The molecule has 2 rings (SSSR count). The highest BCUT2D eigenvalue weighted by atomic mass is 16.5. The molecule has 3 heteroatoms. The molecule has 0 aliphatic carbocycles. The Kier molecular flexibility index (Phi) is 4.97. The molecule has 1 aliphatic heterocycles. The third-order valence-corrected chi connectivity index (χ3v) is 3.32. The minimum atomic E-state index is -0.329. The summed E-state index contributed by atoms with van der Waals surface area (Å²) in [5.41, 5.74) is 2.37. The van der Waals surface area contributed by atoms with Gasteiger partial charge in [-0.15, -0.1) is 0 Å². The summed E-state index contributed by atoms with van der Waals surface area (Å²) >= 11 is 0. The van der Waals surface area contributed by atoms with Crippen LogP contribution in [-0.4, -0.2) is 19.2 Å². The van der Waals surface area contributed by atoms with Gasteiger partial charge >= 0.3 is 0 Å². The Bertz CT molecular complexity index is 550. The average Bonchev–Trinajstić information content (AvgIpc) is 2.68. The molecule has 3 nitrogen and oxygen atoms in total. The minimum Gasteiger partial charge on any atom is -0.481 e. The fourth-order valence-electron chi connectivity index (χ4n) is 2.04. The number of allylic oxidation sites excluding steroid dienone is 2. The number of benzene rings is 1. The number of aliphatic imine (C=N–C) groups is 1. The van der Waals surface area contributed by atoms with Crippen LogP contribution >= 0.6 is 0 Å². The zero-order valence-corrected chi connectivity index (χ0v) is 13.2. The highest BCUT2D eigenvalue weighted by molar-refractivity contribution is 5.88. The Morgan fingerprint density at radius 2 is 1.81 bits per heavy atom. The molecule has 1 aliphatic rings. The summed E-state index contributed by atoms with van der Waals surface area (Å²) in [6.45, 7) is 7.06. The maximum atomic E-state index is 5.92. The molecule has 0 fully saturated rings. The van der Waals surface area contributed by atoms with Crippen LogP contribution in [0.25, 0.3) is 0 Å². The molecule has 0 spiro atoms. The van der Waals surface area contributed by atoms with Gasteiger partial charge in [0.05, 0.1) is 13.7 Å². The molecule has 1 aromatic carbocycles. The molecule has 0 radical (unpaired) electrons. The van der Waals surface area contributed by atoms with Crippen molar-refractivity contribution in [3.63, 3.8) is 0 Å². The van der Waals surface area contributed by atoms with Crippen LogP contribution in [0.3, 0.4) is 0 Å². The third kappa shape index (κ3) is 4.57. The molecule has 1 heterocycles. The fourth-order valence-corrected chi connectivity index (χ4v) is 2.04. The quantitative estimate of drug-likeness (QED) is 0.836. The van der Waals surface area contributed by atoms with Gasteiger partial charge in [0.25, 0.3) is 0 Å². The molecular formula is C18H23NO2. The number of rotatable bonds is 3. The van der Waals surface area contributed by atoms with E-state index >= 15 is 0 Å². The molecule has 0 amide bonds. The molecule has 1 atom stereocenters. The Morgan fingerprint density at radius 1 is 1.10 bits per heavy atom. The van der Waals surface area contributed by atoms with E-state index in [1.54, 1.807) is 7.11 Å². The summed E-state index contributed by atoms with van der Waals surface area (Å²) in [4.78, 5) is 4.48. The molecule has 112 valence electrons. The first-order valence-electron chi connectivity index (χ1n) is 7.17. The van der Waals surface area contributed by atoms with Crippen LogP contribution in [0.2, 0.25) is 0 Å². The molecule has 0 bridgehead atoms. The van der Waals surface area contributed by atoms with Crippen molar-refractivity contribution in [3.05, 3.63) is 59.7 Å². The van der Waals surface area contributed by atoms with Gasteiger partial charge in [-0.25, -0.2) is 4.99 Å². The first-order valence-corrected chi connectivity index (χ1v) is 7.17. The molecular weight excluding hydrogens is 262 g/mol. The summed E-state index contributed by atoms with van der Waals surface area (Å²) in [6.07, 6.45) is 5.67. The van der Waals surface area contributed by atoms with Crippen LogP contribution in [0.5, 0.6) is 0 Å². The molecule has 0 N–H and O–H groups in total. The normalized spacial score (nSPS) is 18.8. The van der Waals surface area contributed by atoms with Crippen LogP contribution in [0.15, 0.2) is 59.1 Å². The van der Waals surface area contributed by atoms with Crippen molar-refractivity contribution >= 4 is 5.90 Å². The lowest BCUT2D eigenvalue weighted by Gasteiger charge is -2.21. The van der Waals surface area contributed by atoms with Crippen molar-refractivity contribution in [2.75, 3.05) is 7.11 Å². The van der Waals surface area contributed by atoms with E-state index in [0.29, 0.717) is 12.5 Å². The van der Waals surface area contributed by atoms with Crippen molar-refractivity contribution in [1.82, 2.24) is 0 Å². The fraction of sp³-hybridized carbons (Fsp3) is 0.389. The van der Waals surface area contributed by atoms with Crippen LogP contribution in [0.4, 0.5) is 0 Å². The van der Waals surface area contributed by atoms with E-state index in [0.717, 1.165) is 5.56 Å². The number of hydrogen-bond acceptors (Lipinski definition) is 3. The molecule has 0 saturated heterocycles. The third-order valence-electron chi connectivity index (χ3n) is 3.32. The summed E-state index contributed by atoms with van der Waals surface area (Å²) < 4.78 is 11.2. The molecule has 21 heavy (non-hydrogen) atoms. The zero-order valence-electron chi connectivity index (χ0n) is 13.2. The number of methoxy groups -OCH3 is 1. The zero-order chi connectivity index (χ0) is 15.3. The van der Waals surface area contributed by atoms with Gasteiger partial charge in [0.2, 0.25) is 5.90 Å². The molecule has 1 aromatic rings. The predicted molar refractivity (Wildman–Crippen MR) is 86.1 cm³/mol. The Balaban J connectivity index is 2.14. The molecule has 0 saturated carbocycles. The summed E-state index contributed by atoms with van der Waals surface area (Å²) in [6, 6.07) is 10.1. The Labute approximate surface area is 127 Å². The molecule has 0 aromatic heterocycles. The van der Waals surface area contributed by atoms with E-state index in [-0.39, 0.29) is 11.6 Å². The van der Waals surface area contributed by atoms with Gasteiger partial charge in [0, 0.05) is 6.08 Å². The Morgan fingerprint density at radius 3 is 2.43 bits per heavy atom. The van der Waals surface area contributed by atoms with Gasteiger partial charge in [-0.1, -0.05) is 57.2 Å². The van der Waals surface area contributed by atoms with Crippen molar-refractivity contribution in [3.8, 4) is 0 Å².